The predicted molar refractivity (Wildman–Crippen MR) is 134 cm³/mol. The fraction of sp³-hybridized carbons (Fsp3) is 0.192. The summed E-state index contributed by atoms with van der Waals surface area (Å²) in [6.45, 7) is 0.780. The molecule has 0 aliphatic heterocycles. The third-order valence-corrected chi connectivity index (χ3v) is 5.53. The lowest BCUT2D eigenvalue weighted by molar-refractivity contribution is 0.100. The van der Waals surface area contributed by atoms with Crippen LogP contribution >= 0.6 is 11.6 Å². The number of hydrogen-bond acceptors (Lipinski definition) is 5. The molecule has 35 heavy (non-hydrogen) atoms. The fourth-order valence-corrected chi connectivity index (χ4v) is 3.79. The van der Waals surface area contributed by atoms with Gasteiger partial charge < -0.3 is 15.6 Å². The van der Waals surface area contributed by atoms with E-state index in [4.69, 9.17) is 27.2 Å². The second-order valence-electron chi connectivity index (χ2n) is 7.62. The van der Waals surface area contributed by atoms with Crippen molar-refractivity contribution in [3.63, 3.8) is 0 Å². The van der Waals surface area contributed by atoms with Gasteiger partial charge in [-0.15, -0.1) is 0 Å². The number of amides is 1. The summed E-state index contributed by atoms with van der Waals surface area (Å²) in [5, 5.41) is 16.2. The second-order valence-corrected chi connectivity index (χ2v) is 8.03. The van der Waals surface area contributed by atoms with E-state index in [1.165, 1.54) is 12.1 Å². The summed E-state index contributed by atoms with van der Waals surface area (Å²) in [5.74, 6) is -0.687. The number of aliphatic hydroxyl groups excluding tert-OH is 1. The van der Waals surface area contributed by atoms with Crippen molar-refractivity contribution in [1.82, 2.24) is 15.2 Å². The number of benzene rings is 2. The molecule has 9 heteroatoms. The van der Waals surface area contributed by atoms with Crippen LogP contribution in [0.25, 0.3) is 22.5 Å². The Morgan fingerprint density at radius 3 is 2.57 bits per heavy atom. The molecule has 0 fully saturated rings. The number of carbonyl (C=O) groups is 1. The Balaban J connectivity index is 0.000000225. The average Bonchev–Trinajstić information content (AvgIpc) is 3.35. The largest absolute Gasteiger partial charge is 0.396 e. The summed E-state index contributed by atoms with van der Waals surface area (Å²) < 4.78 is 18.0. The number of ether oxygens (including phenoxy) is 1. The Bertz CT molecular complexity index is 1230. The van der Waals surface area contributed by atoms with Crippen molar-refractivity contribution in [2.75, 3.05) is 20.3 Å². The highest BCUT2D eigenvalue weighted by Crippen LogP contribution is 2.32. The number of halogens is 2. The Labute approximate surface area is 207 Å². The highest BCUT2D eigenvalue weighted by molar-refractivity contribution is 6.34. The minimum absolute atomic E-state index is 0.171. The number of hydrogen-bond donors (Lipinski definition) is 3. The molecule has 4 aromatic rings. The normalized spacial score (nSPS) is 11.4. The van der Waals surface area contributed by atoms with Crippen molar-refractivity contribution >= 4 is 17.5 Å². The van der Waals surface area contributed by atoms with Crippen molar-refractivity contribution in [2.45, 2.75) is 12.3 Å². The van der Waals surface area contributed by atoms with Gasteiger partial charge in [-0.25, -0.2) is 4.39 Å². The second kappa shape index (κ2) is 12.8. The lowest BCUT2D eigenvalue weighted by Gasteiger charge is -2.13. The summed E-state index contributed by atoms with van der Waals surface area (Å²) in [4.78, 5) is 15.8. The maximum absolute atomic E-state index is 13.0. The number of aromatic amines is 1. The zero-order valence-electron chi connectivity index (χ0n) is 19.1. The molecular formula is C26H26ClFN4O3. The zero-order chi connectivity index (χ0) is 25.2. The lowest BCUT2D eigenvalue weighted by atomic mass is 10.0. The number of nitrogens with two attached hydrogens (primary N) is 1. The fourth-order valence-electron chi connectivity index (χ4n) is 3.51. The highest BCUT2D eigenvalue weighted by Gasteiger charge is 2.16. The van der Waals surface area contributed by atoms with Crippen LogP contribution in [0.3, 0.4) is 0 Å². The molecule has 0 radical (unpaired) electrons. The number of nitrogens with one attached hydrogen (secondary N) is 1. The van der Waals surface area contributed by atoms with E-state index < -0.39 is 5.91 Å². The molecule has 2 aromatic carbocycles. The van der Waals surface area contributed by atoms with Crippen molar-refractivity contribution in [2.24, 2.45) is 5.73 Å². The lowest BCUT2D eigenvalue weighted by Crippen LogP contribution is -2.12. The van der Waals surface area contributed by atoms with Gasteiger partial charge in [0.2, 0.25) is 5.91 Å². The van der Waals surface area contributed by atoms with Crippen LogP contribution in [0.1, 0.15) is 28.4 Å². The number of nitrogens with zero attached hydrogens (tertiary/aromatic N) is 2. The van der Waals surface area contributed by atoms with Gasteiger partial charge in [0.15, 0.2) is 0 Å². The van der Waals surface area contributed by atoms with Crippen LogP contribution in [0.15, 0.2) is 72.9 Å². The van der Waals surface area contributed by atoms with E-state index in [1.54, 1.807) is 49.7 Å². The van der Waals surface area contributed by atoms with Gasteiger partial charge in [-0.1, -0.05) is 23.7 Å². The van der Waals surface area contributed by atoms with Gasteiger partial charge in [0.1, 0.15) is 5.82 Å². The molecule has 2 aromatic heterocycles. The first kappa shape index (κ1) is 26.0. The van der Waals surface area contributed by atoms with Crippen LogP contribution < -0.4 is 5.73 Å². The molecule has 0 saturated heterocycles. The molecule has 0 bridgehead atoms. The molecule has 0 saturated carbocycles. The van der Waals surface area contributed by atoms with Gasteiger partial charge in [0.25, 0.3) is 0 Å². The molecular weight excluding hydrogens is 471 g/mol. The number of rotatable bonds is 8. The first-order valence-corrected chi connectivity index (χ1v) is 11.2. The van der Waals surface area contributed by atoms with E-state index in [-0.39, 0.29) is 18.3 Å². The number of pyridine rings is 1. The van der Waals surface area contributed by atoms with E-state index in [0.29, 0.717) is 40.6 Å². The van der Waals surface area contributed by atoms with Gasteiger partial charge in [0.05, 0.1) is 23.0 Å². The first-order valence-electron chi connectivity index (χ1n) is 10.8. The number of aromatic nitrogens is 3. The van der Waals surface area contributed by atoms with Crippen LogP contribution in [-0.2, 0) is 4.74 Å². The maximum atomic E-state index is 13.0. The zero-order valence-corrected chi connectivity index (χ0v) is 19.9. The molecule has 0 aliphatic rings. The summed E-state index contributed by atoms with van der Waals surface area (Å²) in [6, 6.07) is 18.4. The van der Waals surface area contributed by atoms with Gasteiger partial charge in [-0.2, -0.15) is 5.10 Å². The molecule has 2 heterocycles. The SMILES string of the molecule is COCC(CCO)c1ccccn1.NC(=O)c1cccc(Cl)c1-c1cc(-c2ccc(F)cc2)n[nH]1. The quantitative estimate of drug-likeness (QED) is 0.323. The van der Waals surface area contributed by atoms with E-state index in [9.17, 15) is 9.18 Å². The van der Waals surface area contributed by atoms with E-state index >= 15 is 0 Å². The molecule has 1 unspecified atom stereocenters. The van der Waals surface area contributed by atoms with Gasteiger partial charge in [-0.3, -0.25) is 14.9 Å². The summed E-state index contributed by atoms with van der Waals surface area (Å²) >= 11 is 6.18. The smallest absolute Gasteiger partial charge is 0.249 e. The van der Waals surface area contributed by atoms with Crippen LogP contribution in [0.4, 0.5) is 4.39 Å². The van der Waals surface area contributed by atoms with Crippen LogP contribution in [0.2, 0.25) is 5.02 Å². The van der Waals surface area contributed by atoms with Gasteiger partial charge in [0, 0.05) is 48.2 Å². The first-order chi connectivity index (χ1) is 16.9. The third kappa shape index (κ3) is 6.95. The minimum Gasteiger partial charge on any atom is -0.396 e. The van der Waals surface area contributed by atoms with E-state index in [1.807, 2.05) is 18.2 Å². The van der Waals surface area contributed by atoms with Gasteiger partial charge >= 0.3 is 0 Å². The number of aliphatic hydroxyl groups is 1. The Morgan fingerprint density at radius 2 is 1.94 bits per heavy atom. The average molecular weight is 497 g/mol. The van der Waals surface area contributed by atoms with Crippen molar-refractivity contribution in [1.29, 1.82) is 0 Å². The molecule has 0 aliphatic carbocycles. The van der Waals surface area contributed by atoms with E-state index in [0.717, 1.165) is 11.3 Å². The Morgan fingerprint density at radius 1 is 1.17 bits per heavy atom. The molecule has 4 rings (SSSR count). The topological polar surface area (TPSA) is 114 Å². The van der Waals surface area contributed by atoms with Gasteiger partial charge in [-0.05, 0) is 61.0 Å². The molecule has 0 spiro atoms. The number of methoxy groups -OCH3 is 1. The summed E-state index contributed by atoms with van der Waals surface area (Å²) in [5.41, 5.74) is 9.10. The van der Waals surface area contributed by atoms with Crippen LogP contribution in [-0.4, -0.2) is 46.5 Å². The Hall–Kier alpha value is -3.59. The van der Waals surface area contributed by atoms with E-state index in [2.05, 4.69) is 15.2 Å². The Kier molecular flexibility index (Phi) is 9.48. The van der Waals surface area contributed by atoms with Crippen molar-refractivity contribution < 1.29 is 19.0 Å². The number of H-pyrrole nitrogens is 1. The molecule has 4 N–H and O–H groups in total. The van der Waals surface area contributed by atoms with Crippen LogP contribution in [0, 0.1) is 5.82 Å². The molecule has 1 atom stereocenters. The highest BCUT2D eigenvalue weighted by atomic mass is 35.5. The molecule has 182 valence electrons. The maximum Gasteiger partial charge on any atom is 0.249 e. The number of primary amides is 1. The van der Waals surface area contributed by atoms with Crippen molar-refractivity contribution in [3.8, 4) is 22.5 Å². The standard InChI is InChI=1S/C16H11ClFN3O.C10H15NO2/c17-12-3-1-2-11(16(19)22)15(12)14-8-13(20-21-14)9-4-6-10(18)7-5-9;1-13-8-9(5-7-12)10-4-2-3-6-11-10/h1-8H,(H2,19,22)(H,20,21);2-4,6,9,12H,5,7-8H2,1H3. The van der Waals surface area contributed by atoms with Crippen LogP contribution in [0.5, 0.6) is 0 Å². The summed E-state index contributed by atoms with van der Waals surface area (Å²) in [7, 11) is 1.66. The monoisotopic (exact) mass is 496 g/mol. The number of carbonyl (C=O) groups excluding carboxylic acids is 1. The van der Waals surface area contributed by atoms with Crippen molar-refractivity contribution in [3.05, 3.63) is 95.0 Å². The predicted octanol–water partition coefficient (Wildman–Crippen LogP) is 4.83. The summed E-state index contributed by atoms with van der Waals surface area (Å²) in [6.07, 6.45) is 2.46. The third-order valence-electron chi connectivity index (χ3n) is 5.22. The minimum atomic E-state index is -0.574. The molecule has 7 nitrogen and oxygen atoms in total. The molecule has 1 amide bonds.